The third-order valence-electron chi connectivity index (χ3n) is 2.56. The fourth-order valence-corrected chi connectivity index (χ4v) is 1.41. The van der Waals surface area contributed by atoms with Crippen molar-refractivity contribution in [3.8, 4) is 0 Å². The molecule has 1 fully saturated rings. The van der Waals surface area contributed by atoms with Crippen molar-refractivity contribution in [1.82, 2.24) is 10.2 Å². The van der Waals surface area contributed by atoms with Crippen LogP contribution in [-0.4, -0.2) is 56.1 Å². The zero-order chi connectivity index (χ0) is 10.4. The van der Waals surface area contributed by atoms with Crippen LogP contribution in [0.2, 0.25) is 0 Å². The normalized spacial score (nSPS) is 20.7. The highest BCUT2D eigenvalue weighted by atomic mass is 16.5. The van der Waals surface area contributed by atoms with Crippen LogP contribution < -0.4 is 5.32 Å². The third kappa shape index (κ3) is 4.17. The fourth-order valence-electron chi connectivity index (χ4n) is 1.41. The number of hydrogen-bond acceptors (Lipinski definition) is 4. The van der Waals surface area contributed by atoms with Crippen LogP contribution in [0.25, 0.3) is 0 Å². The molecule has 0 amide bonds. The van der Waals surface area contributed by atoms with Gasteiger partial charge in [0.05, 0.1) is 6.61 Å². The minimum atomic E-state index is -0.252. The van der Waals surface area contributed by atoms with Gasteiger partial charge < -0.3 is 10.1 Å². The zero-order valence-electron chi connectivity index (χ0n) is 9.08. The van der Waals surface area contributed by atoms with Crippen molar-refractivity contribution in [1.29, 1.82) is 0 Å². The minimum absolute atomic E-state index is 0.102. The van der Waals surface area contributed by atoms with Crippen LogP contribution in [0.1, 0.15) is 13.8 Å². The first-order valence-electron chi connectivity index (χ1n) is 5.25. The maximum Gasteiger partial charge on any atom is 0.158 e. The van der Waals surface area contributed by atoms with E-state index in [9.17, 15) is 4.79 Å². The molecule has 14 heavy (non-hydrogen) atoms. The van der Waals surface area contributed by atoms with Gasteiger partial charge in [-0.05, 0) is 13.8 Å². The predicted molar refractivity (Wildman–Crippen MR) is 55.4 cm³/mol. The number of piperazine rings is 1. The van der Waals surface area contributed by atoms with E-state index in [4.69, 9.17) is 4.74 Å². The SMILES string of the molecule is CC(=O)C(C)OCCN1CCNCC1. The Morgan fingerprint density at radius 3 is 2.71 bits per heavy atom. The van der Waals surface area contributed by atoms with Crippen LogP contribution in [0, 0.1) is 0 Å². The lowest BCUT2D eigenvalue weighted by Gasteiger charge is -2.27. The van der Waals surface area contributed by atoms with Crippen LogP contribution in [-0.2, 0) is 9.53 Å². The summed E-state index contributed by atoms with van der Waals surface area (Å²) in [6.45, 7) is 9.23. The number of hydrogen-bond donors (Lipinski definition) is 1. The predicted octanol–water partition coefficient (Wildman–Crippen LogP) is -0.114. The quantitative estimate of drug-likeness (QED) is 0.672. The number of ketones is 1. The molecule has 4 nitrogen and oxygen atoms in total. The maximum absolute atomic E-state index is 10.9. The second-order valence-corrected chi connectivity index (χ2v) is 3.72. The van der Waals surface area contributed by atoms with Gasteiger partial charge in [-0.25, -0.2) is 0 Å². The molecule has 1 atom stereocenters. The molecule has 4 heteroatoms. The summed E-state index contributed by atoms with van der Waals surface area (Å²) in [6, 6.07) is 0. The summed E-state index contributed by atoms with van der Waals surface area (Å²) in [5, 5.41) is 3.30. The van der Waals surface area contributed by atoms with E-state index >= 15 is 0 Å². The molecule has 0 bridgehead atoms. The summed E-state index contributed by atoms with van der Waals surface area (Å²) in [5.74, 6) is 0.102. The topological polar surface area (TPSA) is 41.6 Å². The summed E-state index contributed by atoms with van der Waals surface area (Å²) in [5.41, 5.74) is 0. The average Bonchev–Trinajstić information content (AvgIpc) is 2.19. The molecule has 1 saturated heterocycles. The lowest BCUT2D eigenvalue weighted by Crippen LogP contribution is -2.44. The van der Waals surface area contributed by atoms with Gasteiger partial charge in [-0.2, -0.15) is 0 Å². The Morgan fingerprint density at radius 2 is 2.14 bits per heavy atom. The molecule has 1 N–H and O–H groups in total. The first kappa shape index (κ1) is 11.6. The molecule has 82 valence electrons. The van der Waals surface area contributed by atoms with Crippen molar-refractivity contribution in [3.63, 3.8) is 0 Å². The molecular formula is C10H20N2O2. The van der Waals surface area contributed by atoms with Crippen LogP contribution in [0.3, 0.4) is 0 Å². The highest BCUT2D eigenvalue weighted by Crippen LogP contribution is 1.95. The lowest BCUT2D eigenvalue weighted by atomic mass is 10.3. The number of nitrogens with one attached hydrogen (secondary N) is 1. The second-order valence-electron chi connectivity index (χ2n) is 3.72. The summed E-state index contributed by atoms with van der Waals surface area (Å²) in [7, 11) is 0. The molecule has 0 spiro atoms. The van der Waals surface area contributed by atoms with Gasteiger partial charge in [0.15, 0.2) is 5.78 Å². The summed E-state index contributed by atoms with van der Waals surface area (Å²) >= 11 is 0. The van der Waals surface area contributed by atoms with E-state index in [1.807, 2.05) is 0 Å². The van der Waals surface area contributed by atoms with Crippen LogP contribution in [0.15, 0.2) is 0 Å². The molecule has 0 saturated carbocycles. The van der Waals surface area contributed by atoms with Crippen molar-refractivity contribution >= 4 is 5.78 Å². The Bertz CT molecular complexity index is 179. The van der Waals surface area contributed by atoms with Gasteiger partial charge in [0, 0.05) is 32.7 Å². The summed E-state index contributed by atoms with van der Waals surface area (Å²) in [6.07, 6.45) is -0.252. The molecule has 1 aliphatic rings. The number of rotatable bonds is 5. The number of carbonyl (C=O) groups excluding carboxylic acids is 1. The first-order valence-corrected chi connectivity index (χ1v) is 5.25. The van der Waals surface area contributed by atoms with E-state index in [1.54, 1.807) is 13.8 Å². The molecule has 1 rings (SSSR count). The molecule has 0 aromatic rings. The van der Waals surface area contributed by atoms with E-state index in [0.717, 1.165) is 32.7 Å². The number of Topliss-reactive ketones (excluding diaryl/α,β-unsaturated/α-hetero) is 1. The summed E-state index contributed by atoms with van der Waals surface area (Å²) in [4.78, 5) is 13.2. The Labute approximate surface area is 85.6 Å². The largest absolute Gasteiger partial charge is 0.369 e. The standard InChI is InChI=1S/C10H20N2O2/c1-9(13)10(2)14-8-7-12-5-3-11-4-6-12/h10-11H,3-8H2,1-2H3. The van der Waals surface area contributed by atoms with Gasteiger partial charge in [0.2, 0.25) is 0 Å². The molecule has 1 unspecified atom stereocenters. The highest BCUT2D eigenvalue weighted by molar-refractivity contribution is 5.79. The molecule has 0 aromatic heterocycles. The van der Waals surface area contributed by atoms with E-state index in [0.29, 0.717) is 6.61 Å². The van der Waals surface area contributed by atoms with Crippen LogP contribution in [0.4, 0.5) is 0 Å². The average molecular weight is 200 g/mol. The van der Waals surface area contributed by atoms with E-state index in [2.05, 4.69) is 10.2 Å². The van der Waals surface area contributed by atoms with E-state index < -0.39 is 0 Å². The van der Waals surface area contributed by atoms with Gasteiger partial charge in [-0.1, -0.05) is 0 Å². The molecule has 0 radical (unpaired) electrons. The van der Waals surface area contributed by atoms with Gasteiger partial charge in [0.25, 0.3) is 0 Å². The van der Waals surface area contributed by atoms with Crippen molar-refractivity contribution in [2.24, 2.45) is 0 Å². The third-order valence-corrected chi connectivity index (χ3v) is 2.56. The first-order chi connectivity index (χ1) is 6.70. The maximum atomic E-state index is 10.9. The van der Waals surface area contributed by atoms with E-state index in [1.165, 1.54) is 0 Å². The van der Waals surface area contributed by atoms with Crippen LogP contribution in [0.5, 0.6) is 0 Å². The molecular weight excluding hydrogens is 180 g/mol. The fraction of sp³-hybridized carbons (Fsp3) is 0.900. The Hall–Kier alpha value is -0.450. The lowest BCUT2D eigenvalue weighted by molar-refractivity contribution is -0.127. The second kappa shape index (κ2) is 6.11. The van der Waals surface area contributed by atoms with Gasteiger partial charge in [0.1, 0.15) is 6.10 Å². The molecule has 0 aromatic carbocycles. The van der Waals surface area contributed by atoms with E-state index in [-0.39, 0.29) is 11.9 Å². The van der Waals surface area contributed by atoms with Crippen molar-refractivity contribution in [3.05, 3.63) is 0 Å². The monoisotopic (exact) mass is 200 g/mol. The van der Waals surface area contributed by atoms with Crippen molar-refractivity contribution < 1.29 is 9.53 Å². The highest BCUT2D eigenvalue weighted by Gasteiger charge is 2.11. The van der Waals surface area contributed by atoms with Crippen molar-refractivity contribution in [2.75, 3.05) is 39.3 Å². The Morgan fingerprint density at radius 1 is 1.50 bits per heavy atom. The number of nitrogens with zero attached hydrogens (tertiary/aromatic N) is 1. The Kier molecular flexibility index (Phi) is 5.07. The minimum Gasteiger partial charge on any atom is -0.369 e. The zero-order valence-corrected chi connectivity index (χ0v) is 9.08. The number of ether oxygens (including phenoxy) is 1. The summed E-state index contributed by atoms with van der Waals surface area (Å²) < 4.78 is 5.39. The molecule has 0 aliphatic carbocycles. The van der Waals surface area contributed by atoms with Gasteiger partial charge >= 0.3 is 0 Å². The smallest absolute Gasteiger partial charge is 0.158 e. The Balaban J connectivity index is 2.05. The molecule has 1 heterocycles. The van der Waals surface area contributed by atoms with Crippen LogP contribution >= 0.6 is 0 Å². The van der Waals surface area contributed by atoms with Gasteiger partial charge in [-0.3, -0.25) is 9.69 Å². The van der Waals surface area contributed by atoms with Crippen molar-refractivity contribution in [2.45, 2.75) is 20.0 Å². The number of carbonyl (C=O) groups is 1. The molecule has 1 aliphatic heterocycles. The van der Waals surface area contributed by atoms with Gasteiger partial charge in [-0.15, -0.1) is 0 Å².